The Hall–Kier alpha value is -3.03. The van der Waals surface area contributed by atoms with Crippen molar-refractivity contribution in [2.24, 2.45) is 11.8 Å². The molecule has 3 atom stereocenters. The fraction of sp³-hybridized carbons (Fsp3) is 0.545. The molecule has 3 aliphatic carbocycles. The summed E-state index contributed by atoms with van der Waals surface area (Å²) in [5.74, 6) is 1.19. The average molecular weight is 538 g/mol. The molecule has 2 N–H and O–H groups in total. The van der Waals surface area contributed by atoms with E-state index in [-0.39, 0.29) is 16.9 Å². The Kier molecular flexibility index (Phi) is 5.72. The normalized spacial score (nSPS) is 30.3. The van der Waals surface area contributed by atoms with Crippen molar-refractivity contribution in [2.45, 2.75) is 69.2 Å². The molecule has 40 heavy (non-hydrogen) atoms. The summed E-state index contributed by atoms with van der Waals surface area (Å²) in [5.41, 5.74) is 6.61. The minimum Gasteiger partial charge on any atom is -0.512 e. The van der Waals surface area contributed by atoms with Gasteiger partial charge < -0.3 is 15.2 Å². The number of nitrogens with zero attached hydrogens (tertiary/aromatic N) is 4. The zero-order valence-corrected chi connectivity index (χ0v) is 23.5. The molecule has 1 saturated carbocycles. The van der Waals surface area contributed by atoms with Crippen LogP contribution in [-0.2, 0) is 11.8 Å². The molecule has 8 rings (SSSR count). The first-order chi connectivity index (χ1) is 19.6. The van der Waals surface area contributed by atoms with Crippen LogP contribution in [0.3, 0.4) is 0 Å². The van der Waals surface area contributed by atoms with Gasteiger partial charge in [-0.2, -0.15) is 9.97 Å². The third-order valence-corrected chi connectivity index (χ3v) is 10.7. The summed E-state index contributed by atoms with van der Waals surface area (Å²) < 4.78 is 6.60. The molecule has 6 aliphatic rings. The number of hydrogen-bond acceptors (Lipinski definition) is 7. The van der Waals surface area contributed by atoms with E-state index < -0.39 is 0 Å². The van der Waals surface area contributed by atoms with E-state index in [1.807, 2.05) is 12.3 Å². The number of piperidine rings is 1. The molecule has 4 fully saturated rings. The summed E-state index contributed by atoms with van der Waals surface area (Å²) in [6, 6.07) is 0.527. The third-order valence-electron chi connectivity index (χ3n) is 10.7. The molecule has 0 amide bonds. The zero-order chi connectivity index (χ0) is 26.9. The van der Waals surface area contributed by atoms with Crippen LogP contribution >= 0.6 is 0 Å². The van der Waals surface area contributed by atoms with E-state index >= 15 is 0 Å². The SMILES string of the molecule is CCc1c(C2=C3C=CC=CC3CC(O)=C2)ncc2c(C34CCNCC3C4)nc(OCC34CCCN3CCC4)nc12. The predicted molar refractivity (Wildman–Crippen MR) is 156 cm³/mol. The number of aliphatic hydroxyl groups is 1. The van der Waals surface area contributed by atoms with Gasteiger partial charge >= 0.3 is 6.01 Å². The van der Waals surface area contributed by atoms with Crippen molar-refractivity contribution in [3.05, 3.63) is 64.9 Å². The number of fused-ring (bicyclic) bond motifs is 4. The number of aromatic nitrogens is 3. The Morgan fingerprint density at radius 3 is 2.85 bits per heavy atom. The summed E-state index contributed by atoms with van der Waals surface area (Å²) in [5, 5.41) is 15.3. The van der Waals surface area contributed by atoms with Gasteiger partial charge in [0.2, 0.25) is 0 Å². The van der Waals surface area contributed by atoms with E-state index in [1.165, 1.54) is 44.3 Å². The van der Waals surface area contributed by atoms with Crippen LogP contribution in [0, 0.1) is 11.8 Å². The number of allylic oxidation sites excluding steroid dienone is 8. The summed E-state index contributed by atoms with van der Waals surface area (Å²) >= 11 is 0. The smallest absolute Gasteiger partial charge is 0.317 e. The van der Waals surface area contributed by atoms with Gasteiger partial charge in [-0.15, -0.1) is 0 Å². The lowest BCUT2D eigenvalue weighted by Gasteiger charge is -2.31. The molecule has 208 valence electrons. The molecule has 5 heterocycles. The maximum absolute atomic E-state index is 10.7. The lowest BCUT2D eigenvalue weighted by molar-refractivity contribution is 0.107. The number of ether oxygens (including phenoxy) is 1. The molecule has 0 bridgehead atoms. The molecule has 7 nitrogen and oxygen atoms in total. The second-order valence-corrected chi connectivity index (χ2v) is 12.8. The molecule has 3 saturated heterocycles. The minimum absolute atomic E-state index is 0.0939. The van der Waals surface area contributed by atoms with Crippen LogP contribution in [0.5, 0.6) is 6.01 Å². The Bertz CT molecular complexity index is 1500. The van der Waals surface area contributed by atoms with Crippen LogP contribution in [0.15, 0.2) is 47.9 Å². The first-order valence-corrected chi connectivity index (χ1v) is 15.4. The van der Waals surface area contributed by atoms with Crippen LogP contribution in [-0.4, -0.2) is 63.3 Å². The molecule has 2 aromatic heterocycles. The van der Waals surface area contributed by atoms with Gasteiger partial charge in [0.25, 0.3) is 0 Å². The number of aryl methyl sites for hydroxylation is 1. The van der Waals surface area contributed by atoms with E-state index in [1.54, 1.807) is 0 Å². The fourth-order valence-electron chi connectivity index (χ4n) is 8.53. The highest BCUT2D eigenvalue weighted by molar-refractivity contribution is 5.91. The van der Waals surface area contributed by atoms with E-state index in [4.69, 9.17) is 19.7 Å². The lowest BCUT2D eigenvalue weighted by atomic mass is 9.81. The lowest BCUT2D eigenvalue weighted by Crippen LogP contribution is -2.43. The van der Waals surface area contributed by atoms with E-state index in [9.17, 15) is 5.11 Å². The van der Waals surface area contributed by atoms with Gasteiger partial charge in [-0.3, -0.25) is 9.88 Å². The van der Waals surface area contributed by atoms with Crippen molar-refractivity contribution in [1.29, 1.82) is 0 Å². The second kappa shape index (κ2) is 9.25. The molecule has 2 aromatic rings. The monoisotopic (exact) mass is 537 g/mol. The van der Waals surface area contributed by atoms with Gasteiger partial charge in [-0.25, -0.2) is 0 Å². The Morgan fingerprint density at radius 2 is 2.02 bits per heavy atom. The molecule has 3 unspecified atom stereocenters. The maximum atomic E-state index is 10.7. The van der Waals surface area contributed by atoms with Crippen molar-refractivity contribution in [3.63, 3.8) is 0 Å². The van der Waals surface area contributed by atoms with Gasteiger partial charge in [0, 0.05) is 40.5 Å². The van der Waals surface area contributed by atoms with Gasteiger partial charge in [-0.1, -0.05) is 31.2 Å². The van der Waals surface area contributed by atoms with Gasteiger partial charge in [0.05, 0.1) is 28.2 Å². The molecule has 0 radical (unpaired) electrons. The van der Waals surface area contributed by atoms with Crippen molar-refractivity contribution in [1.82, 2.24) is 25.2 Å². The second-order valence-electron chi connectivity index (χ2n) is 12.8. The minimum atomic E-state index is 0.0939. The Morgan fingerprint density at radius 1 is 1.15 bits per heavy atom. The van der Waals surface area contributed by atoms with E-state index in [0.29, 0.717) is 30.7 Å². The predicted octanol–water partition coefficient (Wildman–Crippen LogP) is 5.19. The number of rotatable bonds is 6. The van der Waals surface area contributed by atoms with Crippen LogP contribution in [0.25, 0.3) is 16.5 Å². The molecule has 7 heteroatoms. The number of nitrogens with one attached hydrogen (secondary N) is 1. The number of pyridine rings is 1. The highest BCUT2D eigenvalue weighted by atomic mass is 16.5. The maximum Gasteiger partial charge on any atom is 0.317 e. The van der Waals surface area contributed by atoms with Gasteiger partial charge in [0.1, 0.15) is 6.61 Å². The molecular formula is C33H39N5O2. The van der Waals surface area contributed by atoms with Crippen LogP contribution in [0.1, 0.15) is 68.8 Å². The molecule has 0 aromatic carbocycles. The van der Waals surface area contributed by atoms with Gasteiger partial charge in [0.15, 0.2) is 0 Å². The zero-order valence-electron chi connectivity index (χ0n) is 23.5. The fourth-order valence-corrected chi connectivity index (χ4v) is 8.53. The standard InChI is InChI=1S/C33H39N5O2/c1-2-24-28(26-16-23(39)15-21-7-3-4-8-25(21)26)35-19-27-29(24)36-31(37-30(27)33-11-12-34-18-22(33)17-33)40-20-32-9-5-13-38(32)14-6-10-32/h3-4,7-8,16,19,21-22,34,39H,2,5-6,9-15,17-18,20H2,1H3. The quantitative estimate of drug-likeness (QED) is 0.525. The highest BCUT2D eigenvalue weighted by Gasteiger charge is 2.58. The third kappa shape index (κ3) is 3.73. The topological polar surface area (TPSA) is 83.4 Å². The average Bonchev–Trinajstić information content (AvgIpc) is 3.40. The summed E-state index contributed by atoms with van der Waals surface area (Å²) in [7, 11) is 0. The van der Waals surface area contributed by atoms with E-state index in [0.717, 1.165) is 65.8 Å². The van der Waals surface area contributed by atoms with Crippen LogP contribution < -0.4 is 10.1 Å². The number of hydrogen-bond donors (Lipinski definition) is 2. The largest absolute Gasteiger partial charge is 0.512 e. The molecule has 3 aliphatic heterocycles. The first kappa shape index (κ1) is 24.7. The van der Waals surface area contributed by atoms with Crippen LogP contribution in [0.2, 0.25) is 0 Å². The number of aliphatic hydroxyl groups excluding tert-OH is 1. The first-order valence-electron chi connectivity index (χ1n) is 15.4. The van der Waals surface area contributed by atoms with Crippen molar-refractivity contribution < 1.29 is 9.84 Å². The molecule has 0 spiro atoms. The Labute approximate surface area is 236 Å². The summed E-state index contributed by atoms with van der Waals surface area (Å²) in [6.07, 6.45) is 21.0. The van der Waals surface area contributed by atoms with Crippen LogP contribution in [0.4, 0.5) is 0 Å². The summed E-state index contributed by atoms with van der Waals surface area (Å²) in [4.78, 5) is 18.1. The van der Waals surface area contributed by atoms with Crippen molar-refractivity contribution in [2.75, 3.05) is 32.8 Å². The highest BCUT2D eigenvalue weighted by Crippen LogP contribution is 2.59. The molecular weight excluding hydrogens is 498 g/mol. The summed E-state index contributed by atoms with van der Waals surface area (Å²) in [6.45, 7) is 7.28. The van der Waals surface area contributed by atoms with E-state index in [2.05, 4.69) is 41.4 Å². The Balaban J connectivity index is 1.27. The van der Waals surface area contributed by atoms with Gasteiger partial charge in [-0.05, 0) is 88.7 Å². The van der Waals surface area contributed by atoms with Crippen molar-refractivity contribution in [3.8, 4) is 6.01 Å². The van der Waals surface area contributed by atoms with Crippen molar-refractivity contribution >= 4 is 16.5 Å².